The van der Waals surface area contributed by atoms with Gasteiger partial charge in [0.1, 0.15) is 16.3 Å². The molecule has 6 atom stereocenters. The van der Waals surface area contributed by atoms with Crippen LogP contribution >= 0.6 is 11.3 Å². The number of hydrogen-bond acceptors (Lipinski definition) is 8. The molecule has 274 valence electrons. The van der Waals surface area contributed by atoms with Crippen molar-refractivity contribution < 1.29 is 32.4 Å². The highest BCUT2D eigenvalue weighted by Gasteiger charge is 2.69. The van der Waals surface area contributed by atoms with E-state index in [1.54, 1.807) is 22.4 Å². The van der Waals surface area contributed by atoms with E-state index in [2.05, 4.69) is 29.8 Å². The predicted molar refractivity (Wildman–Crippen MR) is 187 cm³/mol. The summed E-state index contributed by atoms with van der Waals surface area (Å²) in [4.78, 5) is 68.0. The Morgan fingerprint density at radius 2 is 1.76 bits per heavy atom. The van der Waals surface area contributed by atoms with E-state index >= 15 is 0 Å². The first-order valence-corrected chi connectivity index (χ1v) is 19.7. The molecule has 3 aliphatic rings. The zero-order chi connectivity index (χ0) is 36.5. The zero-order valence-corrected chi connectivity index (χ0v) is 31.4. The first-order valence-electron chi connectivity index (χ1n) is 17.3. The Labute approximate surface area is 294 Å². The number of carbonyl (C=O) groups is 5. The van der Waals surface area contributed by atoms with Gasteiger partial charge < -0.3 is 26.6 Å². The lowest BCUT2D eigenvalue weighted by Crippen LogP contribution is -2.61. The molecule has 2 aliphatic carbocycles. The lowest BCUT2D eigenvalue weighted by molar-refractivity contribution is -0.144. The summed E-state index contributed by atoms with van der Waals surface area (Å²) in [6.07, 6.45) is 4.88. The molecular formula is C34H54N6O7S2. The van der Waals surface area contributed by atoms with Gasteiger partial charge in [0.2, 0.25) is 17.6 Å². The number of piperidine rings is 1. The average molecular weight is 723 g/mol. The highest BCUT2D eigenvalue weighted by atomic mass is 32.2. The molecule has 1 aliphatic heterocycles. The van der Waals surface area contributed by atoms with Crippen LogP contribution in [0, 0.1) is 28.6 Å². The first kappa shape index (κ1) is 38.8. The van der Waals surface area contributed by atoms with Crippen molar-refractivity contribution in [2.24, 2.45) is 34.3 Å². The van der Waals surface area contributed by atoms with Gasteiger partial charge in [0.05, 0.1) is 6.04 Å². The van der Waals surface area contributed by atoms with Crippen molar-refractivity contribution in [1.29, 1.82) is 0 Å². The SMILES string of the molecule is CCCCC(NC(=O)[C@@H]1[C@@H]2[C@H](CN1C(=O)[C@@H](NC(=O)N[C@H](CN(C)S(=O)(=O)c1cccs1)C(C)(C)C)C1CCCC1)C2(C)C)C(=O)C(N)=O. The largest absolute Gasteiger partial charge is 0.363 e. The summed E-state index contributed by atoms with van der Waals surface area (Å²) in [6, 6.07) is -0.841. The summed E-state index contributed by atoms with van der Waals surface area (Å²) in [5, 5.41) is 10.3. The van der Waals surface area contributed by atoms with Crippen LogP contribution in [0.15, 0.2) is 21.7 Å². The molecule has 0 spiro atoms. The molecule has 1 aromatic heterocycles. The van der Waals surface area contributed by atoms with E-state index in [1.807, 2.05) is 27.7 Å². The maximum atomic E-state index is 14.5. The van der Waals surface area contributed by atoms with Crippen LogP contribution in [0.3, 0.4) is 0 Å². The Bertz CT molecular complexity index is 1500. The second kappa shape index (κ2) is 15.1. The molecule has 1 aromatic rings. The molecule has 5 N–H and O–H groups in total. The Morgan fingerprint density at radius 1 is 1.10 bits per heavy atom. The van der Waals surface area contributed by atoms with Crippen molar-refractivity contribution in [3.63, 3.8) is 0 Å². The van der Waals surface area contributed by atoms with Gasteiger partial charge in [0.15, 0.2) is 0 Å². The Morgan fingerprint density at radius 3 is 2.31 bits per heavy atom. The monoisotopic (exact) mass is 722 g/mol. The predicted octanol–water partition coefficient (Wildman–Crippen LogP) is 2.85. The summed E-state index contributed by atoms with van der Waals surface area (Å²) < 4.78 is 27.8. The van der Waals surface area contributed by atoms with Crippen LogP contribution < -0.4 is 21.7 Å². The molecule has 5 amide bonds. The van der Waals surface area contributed by atoms with Crippen LogP contribution in [-0.4, -0.2) is 91.5 Å². The van der Waals surface area contributed by atoms with E-state index in [4.69, 9.17) is 5.73 Å². The Kier molecular flexibility index (Phi) is 11.9. The van der Waals surface area contributed by atoms with Crippen LogP contribution in [0.5, 0.6) is 0 Å². The van der Waals surface area contributed by atoms with Crippen molar-refractivity contribution in [3.8, 4) is 0 Å². The second-order valence-corrected chi connectivity index (χ2v) is 18.8. The summed E-state index contributed by atoms with van der Waals surface area (Å²) in [6.45, 7) is 12.1. The molecule has 15 heteroatoms. The van der Waals surface area contributed by atoms with E-state index in [1.165, 1.54) is 11.4 Å². The fourth-order valence-electron chi connectivity index (χ4n) is 7.57. The maximum Gasteiger partial charge on any atom is 0.315 e. The Balaban J connectivity index is 1.54. The van der Waals surface area contributed by atoms with E-state index in [-0.39, 0.29) is 46.3 Å². The van der Waals surface area contributed by atoms with Gasteiger partial charge >= 0.3 is 6.03 Å². The van der Waals surface area contributed by atoms with Crippen LogP contribution in [0.2, 0.25) is 0 Å². The van der Waals surface area contributed by atoms with Gasteiger partial charge in [-0.1, -0.05) is 73.3 Å². The number of ketones is 1. The van der Waals surface area contributed by atoms with Gasteiger partial charge in [-0.05, 0) is 59.3 Å². The molecule has 1 saturated heterocycles. The molecule has 0 bridgehead atoms. The number of urea groups is 1. The van der Waals surface area contributed by atoms with Crippen LogP contribution in [0.1, 0.15) is 86.5 Å². The van der Waals surface area contributed by atoms with Crippen LogP contribution in [-0.2, 0) is 29.2 Å². The number of likely N-dealkylation sites (tertiary alicyclic amines) is 1. The maximum absolute atomic E-state index is 14.5. The van der Waals surface area contributed by atoms with Gasteiger partial charge in [0, 0.05) is 26.2 Å². The van der Waals surface area contributed by atoms with Gasteiger partial charge in [-0.15, -0.1) is 11.3 Å². The number of rotatable bonds is 15. The van der Waals surface area contributed by atoms with E-state index in [0.717, 1.165) is 43.4 Å². The number of nitrogens with two attached hydrogens (primary N) is 1. The molecular weight excluding hydrogens is 669 g/mol. The minimum Gasteiger partial charge on any atom is -0.363 e. The topological polar surface area (TPSA) is 188 Å². The third kappa shape index (κ3) is 8.47. The van der Waals surface area contributed by atoms with Crippen molar-refractivity contribution in [3.05, 3.63) is 17.5 Å². The highest BCUT2D eigenvalue weighted by Crippen LogP contribution is 2.65. The van der Waals surface area contributed by atoms with Gasteiger partial charge in [-0.2, -0.15) is 4.31 Å². The molecule has 0 radical (unpaired) electrons. The molecule has 2 saturated carbocycles. The number of unbranched alkanes of at least 4 members (excludes halogenated alkanes) is 1. The molecule has 4 rings (SSSR count). The number of thiophene rings is 1. The molecule has 13 nitrogen and oxygen atoms in total. The molecule has 49 heavy (non-hydrogen) atoms. The third-order valence-corrected chi connectivity index (χ3v) is 14.1. The smallest absolute Gasteiger partial charge is 0.315 e. The normalized spacial score (nSPS) is 23.8. The lowest BCUT2D eigenvalue weighted by atomic mass is 9.86. The number of primary amides is 1. The number of Topliss-reactive ketones (excluding diaryl/α,β-unsaturated/α-hetero) is 1. The van der Waals surface area contributed by atoms with Gasteiger partial charge in [-0.3, -0.25) is 19.2 Å². The van der Waals surface area contributed by atoms with E-state index < -0.39 is 63.2 Å². The number of fused-ring (bicyclic) bond motifs is 1. The average Bonchev–Trinajstić information content (AvgIpc) is 3.67. The van der Waals surface area contributed by atoms with Crippen molar-refractivity contribution in [2.45, 2.75) is 115 Å². The van der Waals surface area contributed by atoms with E-state index in [0.29, 0.717) is 13.0 Å². The minimum atomic E-state index is -3.76. The number of sulfonamides is 1. The Hall–Kier alpha value is -3.04. The lowest BCUT2D eigenvalue weighted by Gasteiger charge is -2.37. The summed E-state index contributed by atoms with van der Waals surface area (Å²) >= 11 is 1.12. The van der Waals surface area contributed by atoms with Crippen molar-refractivity contribution in [2.75, 3.05) is 20.1 Å². The number of hydrogen-bond donors (Lipinski definition) is 4. The summed E-state index contributed by atoms with van der Waals surface area (Å²) in [5.74, 6) is -3.07. The van der Waals surface area contributed by atoms with Crippen LogP contribution in [0.4, 0.5) is 4.79 Å². The number of carbonyl (C=O) groups excluding carboxylic acids is 5. The molecule has 0 aromatic carbocycles. The zero-order valence-electron chi connectivity index (χ0n) is 29.8. The summed E-state index contributed by atoms with van der Waals surface area (Å²) in [7, 11) is -2.28. The quantitative estimate of drug-likeness (QED) is 0.200. The highest BCUT2D eigenvalue weighted by molar-refractivity contribution is 7.91. The fourth-order valence-corrected chi connectivity index (χ4v) is 9.95. The van der Waals surface area contributed by atoms with Crippen molar-refractivity contribution in [1.82, 2.24) is 25.2 Å². The number of nitrogens with one attached hydrogen (secondary N) is 3. The van der Waals surface area contributed by atoms with Gasteiger partial charge in [-0.25, -0.2) is 13.2 Å². The molecule has 2 heterocycles. The molecule has 1 unspecified atom stereocenters. The van der Waals surface area contributed by atoms with E-state index in [9.17, 15) is 32.4 Å². The number of likely N-dealkylation sites (N-methyl/N-ethyl adjacent to an activating group) is 1. The fraction of sp³-hybridized carbons (Fsp3) is 0.735. The van der Waals surface area contributed by atoms with Crippen molar-refractivity contribution >= 4 is 50.9 Å². The van der Waals surface area contributed by atoms with Crippen LogP contribution in [0.25, 0.3) is 0 Å². The third-order valence-electron chi connectivity index (χ3n) is 10.9. The molecule has 3 fully saturated rings. The first-order chi connectivity index (χ1) is 22.8. The second-order valence-electron chi connectivity index (χ2n) is 15.6. The number of amides is 5. The van der Waals surface area contributed by atoms with Gasteiger partial charge in [0.25, 0.3) is 15.9 Å². The minimum absolute atomic E-state index is 0.00916. The standard InChI is InChI=1S/C34H54N6O7S2/c1-8-9-15-22(28(41)29(35)42)36-30(43)27-25-21(34(25,5)6)18-40(27)31(44)26(20-13-10-11-14-20)38-32(45)37-23(33(2,3)4)19-39(7)49(46,47)24-16-12-17-48-24/h12,16-17,20-23,25-27H,8-11,13-15,18-19H2,1-7H3,(H2,35,42)(H,36,43)(H2,37,38,45)/t21-,22?,23+,25-,26-,27-/m0/s1. The number of nitrogens with zero attached hydrogens (tertiary/aromatic N) is 2. The summed E-state index contributed by atoms with van der Waals surface area (Å²) in [5.41, 5.74) is 4.56.